The highest BCUT2D eigenvalue weighted by Crippen LogP contribution is 2.38. The van der Waals surface area contributed by atoms with E-state index >= 15 is 0 Å². The molecule has 6 nitrogen and oxygen atoms in total. The molecule has 4 rings (SSSR count). The fourth-order valence-corrected chi connectivity index (χ4v) is 4.46. The van der Waals surface area contributed by atoms with Gasteiger partial charge in [-0.2, -0.15) is 0 Å². The van der Waals surface area contributed by atoms with Crippen molar-refractivity contribution in [2.45, 2.75) is 38.3 Å². The van der Waals surface area contributed by atoms with E-state index in [-0.39, 0.29) is 35.6 Å². The molecule has 1 aliphatic carbocycles. The van der Waals surface area contributed by atoms with Gasteiger partial charge >= 0.3 is 0 Å². The molecule has 3 aromatic rings. The predicted octanol–water partition coefficient (Wildman–Crippen LogP) is 4.92. The quantitative estimate of drug-likeness (QED) is 0.397. The van der Waals surface area contributed by atoms with Gasteiger partial charge in [0.1, 0.15) is 29.0 Å². The number of benzene rings is 2. The van der Waals surface area contributed by atoms with E-state index in [4.69, 9.17) is 11.5 Å². The number of nitrogens with one attached hydrogen (secondary N) is 1. The molecule has 1 aliphatic rings. The average Bonchev–Trinajstić information content (AvgIpc) is 3.19. The summed E-state index contributed by atoms with van der Waals surface area (Å²) in [6, 6.07) is 10.4. The van der Waals surface area contributed by atoms with Gasteiger partial charge in [-0.15, -0.1) is 0 Å². The van der Waals surface area contributed by atoms with E-state index < -0.39 is 11.6 Å². The molecule has 0 atom stereocenters. The van der Waals surface area contributed by atoms with Gasteiger partial charge in [0.05, 0.1) is 11.8 Å². The highest BCUT2D eigenvalue weighted by molar-refractivity contribution is 5.86. The molecule has 0 saturated heterocycles. The number of nitrogens with zero attached hydrogens (tertiary/aromatic N) is 3. The number of aliphatic imine (C=N–C) groups is 1. The standard InChI is InChI=1S/C26H29F3N6/c1-16(32-14-18-5-2-3-7-21(18)27)33-15-23-25(31)35(19-11-9-17(13-30)10-12-19)26(34-23)20-6-4-8-22(28)24(20)29/h2-8,15,17,19,32H,1,9-14,30-31H2. The maximum absolute atomic E-state index is 14.7. The number of nitrogen functional groups attached to an aromatic ring is 1. The van der Waals surface area contributed by atoms with Crippen LogP contribution in [0.4, 0.5) is 19.0 Å². The van der Waals surface area contributed by atoms with Crippen LogP contribution in [0.5, 0.6) is 0 Å². The second-order valence-electron chi connectivity index (χ2n) is 8.74. The summed E-state index contributed by atoms with van der Waals surface area (Å²) in [5.74, 6) is -0.977. The van der Waals surface area contributed by atoms with Crippen molar-refractivity contribution < 1.29 is 13.2 Å². The fourth-order valence-electron chi connectivity index (χ4n) is 4.46. The monoisotopic (exact) mass is 482 g/mol. The second kappa shape index (κ2) is 10.8. The van der Waals surface area contributed by atoms with Gasteiger partial charge in [0, 0.05) is 18.2 Å². The lowest BCUT2D eigenvalue weighted by Crippen LogP contribution is -2.24. The van der Waals surface area contributed by atoms with Crippen LogP contribution >= 0.6 is 0 Å². The number of anilines is 1. The number of hydrogen-bond acceptors (Lipinski definition) is 5. The van der Waals surface area contributed by atoms with Gasteiger partial charge in [0.15, 0.2) is 11.6 Å². The first-order valence-corrected chi connectivity index (χ1v) is 11.6. The van der Waals surface area contributed by atoms with Gasteiger partial charge < -0.3 is 21.4 Å². The number of hydrogen-bond donors (Lipinski definition) is 3. The summed E-state index contributed by atoms with van der Waals surface area (Å²) < 4.78 is 44.4. The van der Waals surface area contributed by atoms with Crippen molar-refractivity contribution in [3.8, 4) is 11.4 Å². The zero-order chi connectivity index (χ0) is 24.9. The SMILES string of the molecule is C=C(N=Cc1nc(-c2cccc(F)c2F)n(C2CCC(CN)CC2)c1N)NCc1ccccc1F. The van der Waals surface area contributed by atoms with Crippen molar-refractivity contribution in [3.05, 3.63) is 83.6 Å². The van der Waals surface area contributed by atoms with Crippen molar-refractivity contribution in [2.75, 3.05) is 12.3 Å². The Balaban J connectivity index is 1.61. The smallest absolute Gasteiger partial charge is 0.169 e. The molecule has 0 radical (unpaired) electrons. The molecule has 184 valence electrons. The average molecular weight is 483 g/mol. The van der Waals surface area contributed by atoms with Gasteiger partial charge in [0.2, 0.25) is 0 Å². The maximum atomic E-state index is 14.7. The fraction of sp³-hybridized carbons (Fsp3) is 0.308. The summed E-state index contributed by atoms with van der Waals surface area (Å²) in [6.07, 6.45) is 4.88. The summed E-state index contributed by atoms with van der Waals surface area (Å²) in [6.45, 7) is 4.66. The van der Waals surface area contributed by atoms with E-state index in [1.54, 1.807) is 22.8 Å². The summed E-state index contributed by atoms with van der Waals surface area (Å²) in [4.78, 5) is 8.79. The largest absolute Gasteiger partial charge is 0.383 e. The minimum absolute atomic E-state index is 0.0208. The van der Waals surface area contributed by atoms with Crippen LogP contribution in [0.25, 0.3) is 11.4 Å². The molecule has 0 aliphatic heterocycles. The lowest BCUT2D eigenvalue weighted by atomic mass is 9.86. The Bertz CT molecular complexity index is 1230. The van der Waals surface area contributed by atoms with Gasteiger partial charge in [0.25, 0.3) is 0 Å². The Labute approximate surface area is 202 Å². The molecule has 0 spiro atoms. The first-order valence-electron chi connectivity index (χ1n) is 11.6. The van der Waals surface area contributed by atoms with Crippen molar-refractivity contribution in [3.63, 3.8) is 0 Å². The topological polar surface area (TPSA) is 94.2 Å². The summed E-state index contributed by atoms with van der Waals surface area (Å²) in [5.41, 5.74) is 13.1. The minimum atomic E-state index is -0.978. The van der Waals surface area contributed by atoms with E-state index in [1.165, 1.54) is 24.4 Å². The molecule has 1 fully saturated rings. The molecule has 1 heterocycles. The summed E-state index contributed by atoms with van der Waals surface area (Å²) >= 11 is 0. The van der Waals surface area contributed by atoms with Crippen LogP contribution in [0, 0.1) is 23.4 Å². The second-order valence-corrected chi connectivity index (χ2v) is 8.74. The number of nitrogens with two attached hydrogens (primary N) is 2. The third kappa shape index (κ3) is 5.40. The molecule has 35 heavy (non-hydrogen) atoms. The number of rotatable bonds is 8. The van der Waals surface area contributed by atoms with Crippen LogP contribution in [0.2, 0.25) is 0 Å². The Hall–Kier alpha value is -3.59. The number of imidazole rings is 1. The molecule has 1 saturated carbocycles. The lowest BCUT2D eigenvalue weighted by Gasteiger charge is -2.30. The predicted molar refractivity (Wildman–Crippen MR) is 132 cm³/mol. The molecule has 0 bridgehead atoms. The van der Waals surface area contributed by atoms with E-state index in [2.05, 4.69) is 21.9 Å². The highest BCUT2D eigenvalue weighted by atomic mass is 19.2. The van der Waals surface area contributed by atoms with Gasteiger partial charge in [-0.3, -0.25) is 0 Å². The zero-order valence-corrected chi connectivity index (χ0v) is 19.4. The molecule has 1 aromatic heterocycles. The van der Waals surface area contributed by atoms with E-state index in [9.17, 15) is 13.2 Å². The molecule has 5 N–H and O–H groups in total. The van der Waals surface area contributed by atoms with Gasteiger partial charge in [-0.05, 0) is 56.3 Å². The molecule has 9 heteroatoms. The van der Waals surface area contributed by atoms with Crippen molar-refractivity contribution in [1.29, 1.82) is 0 Å². The normalized spacial score (nSPS) is 18.2. The Kier molecular flexibility index (Phi) is 7.55. The Morgan fingerprint density at radius 3 is 2.51 bits per heavy atom. The van der Waals surface area contributed by atoms with Crippen LogP contribution in [0.3, 0.4) is 0 Å². The molecular weight excluding hydrogens is 453 g/mol. The number of halogens is 3. The molecule has 0 amide bonds. The molecular formula is C26H29F3N6. The van der Waals surface area contributed by atoms with E-state index in [1.807, 2.05) is 0 Å². The molecule has 0 unspecified atom stereocenters. The third-order valence-corrected chi connectivity index (χ3v) is 6.47. The minimum Gasteiger partial charge on any atom is -0.383 e. The van der Waals surface area contributed by atoms with Crippen molar-refractivity contribution in [1.82, 2.24) is 14.9 Å². The first-order chi connectivity index (χ1) is 16.9. The van der Waals surface area contributed by atoms with Gasteiger partial charge in [-0.1, -0.05) is 30.8 Å². The maximum Gasteiger partial charge on any atom is 0.169 e. The zero-order valence-electron chi connectivity index (χ0n) is 19.4. The lowest BCUT2D eigenvalue weighted by molar-refractivity contribution is 0.283. The Morgan fingerprint density at radius 1 is 1.09 bits per heavy atom. The van der Waals surface area contributed by atoms with Crippen LogP contribution in [0.15, 0.2) is 59.9 Å². The Morgan fingerprint density at radius 2 is 1.80 bits per heavy atom. The highest BCUT2D eigenvalue weighted by Gasteiger charge is 2.28. The first kappa shape index (κ1) is 24.5. The summed E-state index contributed by atoms with van der Waals surface area (Å²) in [5, 5.41) is 2.94. The van der Waals surface area contributed by atoms with E-state index in [0.29, 0.717) is 29.5 Å². The van der Waals surface area contributed by atoms with Crippen LogP contribution in [-0.2, 0) is 6.54 Å². The van der Waals surface area contributed by atoms with Crippen molar-refractivity contribution >= 4 is 12.0 Å². The van der Waals surface area contributed by atoms with Crippen LogP contribution < -0.4 is 16.8 Å². The van der Waals surface area contributed by atoms with Crippen LogP contribution in [0.1, 0.15) is 43.0 Å². The van der Waals surface area contributed by atoms with Crippen molar-refractivity contribution in [2.24, 2.45) is 16.6 Å². The van der Waals surface area contributed by atoms with E-state index in [0.717, 1.165) is 31.7 Å². The van der Waals surface area contributed by atoms with Gasteiger partial charge in [-0.25, -0.2) is 23.1 Å². The summed E-state index contributed by atoms with van der Waals surface area (Å²) in [7, 11) is 0. The third-order valence-electron chi connectivity index (χ3n) is 6.47. The number of aromatic nitrogens is 2. The van der Waals surface area contributed by atoms with Crippen LogP contribution in [-0.4, -0.2) is 22.3 Å². The molecule has 2 aromatic carbocycles.